The Bertz CT molecular complexity index is 966. The first kappa shape index (κ1) is 29.7. The average molecular weight is 512 g/mol. The number of hydrogen-bond acceptors (Lipinski definition) is 9. The Balaban J connectivity index is 0.00000456. The Hall–Kier alpha value is -2.50. The fraction of sp³-hybridized carbons (Fsp3) is 0.615. The molecule has 0 saturated carbocycles. The predicted octanol–water partition coefficient (Wildman–Crippen LogP) is 0.865. The molecule has 1 heterocycles. The van der Waals surface area contributed by atoms with E-state index in [1.165, 1.54) is 13.0 Å². The Morgan fingerprint density at radius 2 is 1.86 bits per heavy atom. The van der Waals surface area contributed by atoms with E-state index in [2.05, 4.69) is 0 Å². The second-order valence-electron chi connectivity index (χ2n) is 9.64. The van der Waals surface area contributed by atoms with Crippen molar-refractivity contribution in [2.75, 3.05) is 46.1 Å². The van der Waals surface area contributed by atoms with Crippen molar-refractivity contribution in [2.24, 2.45) is 17.8 Å². The summed E-state index contributed by atoms with van der Waals surface area (Å²) in [6, 6.07) is 2.95. The van der Waals surface area contributed by atoms with Crippen LogP contribution in [0.4, 0.5) is 0 Å². The molecule has 204 valence electrons. The molecule has 36 heavy (non-hydrogen) atoms. The minimum atomic E-state index is -0.811. The lowest BCUT2D eigenvalue weighted by Crippen LogP contribution is -2.40. The number of aliphatic hydroxyl groups excluding tert-OH is 2. The highest BCUT2D eigenvalue weighted by atomic mass is 16.5. The summed E-state index contributed by atoms with van der Waals surface area (Å²) in [6.07, 6.45) is 0.819. The average Bonchev–Trinajstić information content (AvgIpc) is 2.79. The van der Waals surface area contributed by atoms with Crippen molar-refractivity contribution < 1.29 is 47.6 Å². The van der Waals surface area contributed by atoms with Crippen molar-refractivity contribution in [1.82, 2.24) is 4.90 Å². The van der Waals surface area contributed by atoms with E-state index in [1.54, 1.807) is 6.07 Å². The van der Waals surface area contributed by atoms with E-state index in [4.69, 9.17) is 4.74 Å². The quantitative estimate of drug-likeness (QED) is 0.272. The van der Waals surface area contributed by atoms with Gasteiger partial charge in [0.15, 0.2) is 11.6 Å². The number of phenolic OH excluding ortho intramolecular Hbond substituents is 1. The standard InChI is InChI=1S/C26H35NO8.H2O.2H2/c1-16(30)10-23(32)21(15-29)18(4-7-28)11-17-12-20-19(2-3-22(31)26(20)24(33)13-17)25(34)14-27-5-8-35-9-6-27;;;/h2-3,17-18,21,28-29,31H,4-15H2,1H3;1H2;2*1H. The number of morpholine rings is 1. The molecule has 3 atom stereocenters. The Kier molecular flexibility index (Phi) is 11.3. The van der Waals surface area contributed by atoms with Crippen LogP contribution in [-0.4, -0.2) is 94.9 Å². The lowest BCUT2D eigenvalue weighted by atomic mass is 9.72. The molecule has 0 aromatic heterocycles. The number of rotatable bonds is 12. The molecule has 0 amide bonds. The normalized spacial score (nSPS) is 19.6. The third kappa shape index (κ3) is 7.27. The van der Waals surface area contributed by atoms with E-state index in [0.29, 0.717) is 50.3 Å². The lowest BCUT2D eigenvalue weighted by Gasteiger charge is -2.32. The first-order valence-corrected chi connectivity index (χ1v) is 12.2. The zero-order valence-corrected chi connectivity index (χ0v) is 20.7. The van der Waals surface area contributed by atoms with Crippen LogP contribution in [0.1, 0.15) is 61.7 Å². The summed E-state index contributed by atoms with van der Waals surface area (Å²) in [6.45, 7) is 3.27. The zero-order chi connectivity index (χ0) is 25.5. The fourth-order valence-corrected chi connectivity index (χ4v) is 5.33. The van der Waals surface area contributed by atoms with Gasteiger partial charge in [0.2, 0.25) is 0 Å². The summed E-state index contributed by atoms with van der Waals surface area (Å²) in [5.41, 5.74) is 1.11. The highest BCUT2D eigenvalue weighted by Gasteiger charge is 2.35. The topological polar surface area (TPSA) is 173 Å². The van der Waals surface area contributed by atoms with Gasteiger partial charge in [0.1, 0.15) is 17.3 Å². The van der Waals surface area contributed by atoms with Gasteiger partial charge in [-0.3, -0.25) is 24.1 Å². The van der Waals surface area contributed by atoms with Crippen molar-refractivity contribution in [1.29, 1.82) is 0 Å². The molecule has 10 nitrogen and oxygen atoms in total. The molecule has 1 aliphatic carbocycles. The van der Waals surface area contributed by atoms with E-state index in [-0.39, 0.29) is 81.1 Å². The van der Waals surface area contributed by atoms with Crippen LogP contribution < -0.4 is 0 Å². The van der Waals surface area contributed by atoms with Crippen molar-refractivity contribution in [3.05, 3.63) is 28.8 Å². The maximum absolute atomic E-state index is 13.2. The molecule has 10 heteroatoms. The molecule has 1 fully saturated rings. The van der Waals surface area contributed by atoms with Crippen molar-refractivity contribution in [3.63, 3.8) is 0 Å². The molecular formula is C26H41NO9. The number of ketones is 4. The number of hydrogen-bond donors (Lipinski definition) is 3. The number of benzene rings is 1. The van der Waals surface area contributed by atoms with Crippen LogP contribution in [0, 0.1) is 17.8 Å². The Morgan fingerprint density at radius 1 is 1.17 bits per heavy atom. The summed E-state index contributed by atoms with van der Waals surface area (Å²) in [5, 5.41) is 29.8. The number of nitrogens with zero attached hydrogens (tertiary/aromatic N) is 1. The van der Waals surface area contributed by atoms with Crippen molar-refractivity contribution >= 4 is 23.1 Å². The number of carbonyl (C=O) groups is 4. The van der Waals surface area contributed by atoms with Gasteiger partial charge in [-0.1, -0.05) is 0 Å². The van der Waals surface area contributed by atoms with Crippen molar-refractivity contribution in [2.45, 2.75) is 39.0 Å². The second kappa shape index (κ2) is 13.7. The Morgan fingerprint density at radius 3 is 2.47 bits per heavy atom. The number of phenols is 1. The van der Waals surface area contributed by atoms with E-state index >= 15 is 0 Å². The first-order valence-electron chi connectivity index (χ1n) is 12.2. The van der Waals surface area contributed by atoms with Gasteiger partial charge in [0.25, 0.3) is 0 Å². The highest BCUT2D eigenvalue weighted by Crippen LogP contribution is 2.38. The van der Waals surface area contributed by atoms with E-state index in [1.807, 2.05) is 4.90 Å². The molecule has 2 aliphatic rings. The minimum absolute atomic E-state index is 0. The van der Waals surface area contributed by atoms with E-state index in [9.17, 15) is 34.5 Å². The zero-order valence-electron chi connectivity index (χ0n) is 20.7. The monoisotopic (exact) mass is 511 g/mol. The van der Waals surface area contributed by atoms with Crippen LogP contribution in [0.5, 0.6) is 5.75 Å². The molecule has 1 aliphatic heterocycles. The van der Waals surface area contributed by atoms with Crippen LogP contribution in [-0.2, 0) is 20.7 Å². The van der Waals surface area contributed by atoms with Crippen LogP contribution in [0.2, 0.25) is 0 Å². The minimum Gasteiger partial charge on any atom is -0.507 e. The maximum atomic E-state index is 13.2. The van der Waals surface area contributed by atoms with Crippen LogP contribution >= 0.6 is 0 Å². The van der Waals surface area contributed by atoms with Crippen molar-refractivity contribution in [3.8, 4) is 5.75 Å². The molecule has 5 N–H and O–H groups in total. The molecule has 1 saturated heterocycles. The largest absolute Gasteiger partial charge is 0.507 e. The first-order chi connectivity index (χ1) is 16.7. The number of aromatic hydroxyl groups is 1. The molecule has 0 bridgehead atoms. The number of Topliss-reactive ketones (excluding diaryl/α,β-unsaturated/α-hetero) is 4. The summed E-state index contributed by atoms with van der Waals surface area (Å²) >= 11 is 0. The van der Waals surface area contributed by atoms with Gasteiger partial charge in [-0.25, -0.2) is 0 Å². The van der Waals surface area contributed by atoms with E-state index in [0.717, 1.165) is 0 Å². The van der Waals surface area contributed by atoms with Gasteiger partial charge in [-0.2, -0.15) is 0 Å². The SMILES string of the molecule is CC(=O)CC(=O)C(CO)C(CCO)CC1CC(=O)c2c(O)ccc(C(=O)CN3CCOCC3)c2C1.O.[HH].[HH]. The predicted molar refractivity (Wildman–Crippen MR) is 134 cm³/mol. The molecule has 0 spiro atoms. The summed E-state index contributed by atoms with van der Waals surface area (Å²) in [5.74, 6) is -2.68. The third-order valence-corrected chi connectivity index (χ3v) is 7.05. The van der Waals surface area contributed by atoms with Crippen LogP contribution in [0.3, 0.4) is 0 Å². The summed E-state index contributed by atoms with van der Waals surface area (Å²) in [4.78, 5) is 52.2. The molecular weight excluding hydrogens is 470 g/mol. The maximum Gasteiger partial charge on any atom is 0.177 e. The number of fused-ring (bicyclic) bond motifs is 1. The summed E-state index contributed by atoms with van der Waals surface area (Å²) < 4.78 is 5.34. The molecule has 0 radical (unpaired) electrons. The molecule has 1 aromatic rings. The van der Waals surface area contributed by atoms with Gasteiger partial charge < -0.3 is 25.5 Å². The number of ether oxygens (including phenoxy) is 1. The highest BCUT2D eigenvalue weighted by molar-refractivity contribution is 6.07. The molecule has 3 rings (SSSR count). The van der Waals surface area contributed by atoms with Gasteiger partial charge in [-0.15, -0.1) is 0 Å². The Labute approximate surface area is 213 Å². The molecule has 3 unspecified atom stereocenters. The van der Waals surface area contributed by atoms with Gasteiger partial charge >= 0.3 is 0 Å². The van der Waals surface area contributed by atoms with Gasteiger partial charge in [-0.05, 0) is 55.7 Å². The van der Waals surface area contributed by atoms with Crippen LogP contribution in [0.25, 0.3) is 0 Å². The lowest BCUT2D eigenvalue weighted by molar-refractivity contribution is -0.131. The fourth-order valence-electron chi connectivity index (χ4n) is 5.33. The number of carbonyl (C=O) groups excluding carboxylic acids is 4. The van der Waals surface area contributed by atoms with Crippen LogP contribution in [0.15, 0.2) is 12.1 Å². The molecule has 1 aromatic carbocycles. The van der Waals surface area contributed by atoms with E-state index < -0.39 is 18.4 Å². The van der Waals surface area contributed by atoms with Gasteiger partial charge in [0.05, 0.1) is 38.3 Å². The smallest absolute Gasteiger partial charge is 0.177 e. The van der Waals surface area contributed by atoms with Gasteiger partial charge in [0, 0.05) is 40.5 Å². The second-order valence-corrected chi connectivity index (χ2v) is 9.64. The summed E-state index contributed by atoms with van der Waals surface area (Å²) in [7, 11) is 0. The third-order valence-electron chi connectivity index (χ3n) is 7.05. The number of aliphatic hydroxyl groups is 2.